The summed E-state index contributed by atoms with van der Waals surface area (Å²) in [5.41, 5.74) is 7.02. The van der Waals surface area contributed by atoms with E-state index in [1.54, 1.807) is 6.20 Å². The molecule has 2 bridgehead atoms. The Bertz CT molecular complexity index is 560. The van der Waals surface area contributed by atoms with Crippen molar-refractivity contribution in [1.82, 2.24) is 4.98 Å². The van der Waals surface area contributed by atoms with Crippen LogP contribution >= 0.6 is 24.8 Å². The number of nitrogens with zero attached hydrogens (tertiary/aromatic N) is 2. The van der Waals surface area contributed by atoms with Crippen LogP contribution in [0.1, 0.15) is 32.1 Å². The van der Waals surface area contributed by atoms with Crippen molar-refractivity contribution in [2.75, 3.05) is 23.3 Å². The second-order valence-electron chi connectivity index (χ2n) is 7.02. The third kappa shape index (κ3) is 3.48. The minimum atomic E-state index is -0.0167. The zero-order valence-corrected chi connectivity index (χ0v) is 15.3. The number of hydrogen-bond acceptors (Lipinski definition) is 4. The Balaban J connectivity index is 0.00000104. The number of fused-ring (bicyclic) bond motifs is 2. The molecule has 7 heteroatoms. The van der Waals surface area contributed by atoms with Crippen LogP contribution in [-0.2, 0) is 4.79 Å². The second kappa shape index (κ2) is 7.89. The Kier molecular flexibility index (Phi) is 6.34. The molecule has 4 atom stereocenters. The van der Waals surface area contributed by atoms with Gasteiger partial charge in [0, 0.05) is 19.1 Å². The number of carbonyl (C=O) groups is 1. The lowest BCUT2D eigenvalue weighted by atomic mass is 9.84. The molecule has 134 valence electrons. The number of aromatic nitrogens is 1. The molecule has 1 aromatic heterocycles. The van der Waals surface area contributed by atoms with Gasteiger partial charge in [-0.05, 0) is 56.1 Å². The summed E-state index contributed by atoms with van der Waals surface area (Å²) in [5.74, 6) is 2.10. The Morgan fingerprint density at radius 1 is 1.17 bits per heavy atom. The molecule has 0 aromatic carbocycles. The Morgan fingerprint density at radius 2 is 1.88 bits per heavy atom. The van der Waals surface area contributed by atoms with Crippen molar-refractivity contribution in [2.24, 2.45) is 23.5 Å². The zero-order valence-electron chi connectivity index (χ0n) is 13.7. The maximum atomic E-state index is 12.5. The SMILES string of the molecule is Cl.Cl.NC1C2CCC(C2)C1C(=O)Nc1ccc(N2CCCC2)nc1. The first-order valence-electron chi connectivity index (χ1n) is 8.50. The number of pyridine rings is 1. The highest BCUT2D eigenvalue weighted by molar-refractivity contribution is 5.93. The molecule has 0 radical (unpaired) electrons. The lowest BCUT2D eigenvalue weighted by Crippen LogP contribution is -2.42. The predicted molar refractivity (Wildman–Crippen MR) is 101 cm³/mol. The van der Waals surface area contributed by atoms with E-state index in [-0.39, 0.29) is 42.7 Å². The van der Waals surface area contributed by atoms with Gasteiger partial charge in [-0.25, -0.2) is 4.98 Å². The van der Waals surface area contributed by atoms with Crippen molar-refractivity contribution in [3.05, 3.63) is 18.3 Å². The van der Waals surface area contributed by atoms with Crippen LogP contribution in [0, 0.1) is 17.8 Å². The number of nitrogens with two attached hydrogens (primary N) is 1. The lowest BCUT2D eigenvalue weighted by molar-refractivity contribution is -0.121. The lowest BCUT2D eigenvalue weighted by Gasteiger charge is -2.27. The van der Waals surface area contributed by atoms with Gasteiger partial charge >= 0.3 is 0 Å². The van der Waals surface area contributed by atoms with Gasteiger partial charge in [0.25, 0.3) is 0 Å². The van der Waals surface area contributed by atoms with Crippen LogP contribution in [-0.4, -0.2) is 30.0 Å². The van der Waals surface area contributed by atoms with Gasteiger partial charge in [0.2, 0.25) is 5.91 Å². The van der Waals surface area contributed by atoms with E-state index in [1.807, 2.05) is 12.1 Å². The van der Waals surface area contributed by atoms with Gasteiger partial charge in [0.05, 0.1) is 17.8 Å². The number of rotatable bonds is 3. The molecule has 4 rings (SSSR count). The maximum Gasteiger partial charge on any atom is 0.229 e. The minimum Gasteiger partial charge on any atom is -0.357 e. The first-order valence-corrected chi connectivity index (χ1v) is 8.50. The molecule has 3 aliphatic rings. The molecule has 2 saturated carbocycles. The summed E-state index contributed by atoms with van der Waals surface area (Å²) in [5, 5.41) is 3.02. The molecule has 1 saturated heterocycles. The molecular formula is C17H26Cl2N4O. The summed E-state index contributed by atoms with van der Waals surface area (Å²) in [4.78, 5) is 19.3. The second-order valence-corrected chi connectivity index (χ2v) is 7.02. The number of nitrogens with one attached hydrogen (secondary N) is 1. The molecule has 0 spiro atoms. The van der Waals surface area contributed by atoms with Gasteiger partial charge in [-0.15, -0.1) is 24.8 Å². The zero-order chi connectivity index (χ0) is 15.1. The van der Waals surface area contributed by atoms with Crippen molar-refractivity contribution in [3.8, 4) is 0 Å². The first kappa shape index (κ1) is 19.3. The Morgan fingerprint density at radius 3 is 2.46 bits per heavy atom. The molecule has 2 heterocycles. The topological polar surface area (TPSA) is 71.2 Å². The van der Waals surface area contributed by atoms with Crippen LogP contribution in [0.5, 0.6) is 0 Å². The molecule has 1 aromatic rings. The van der Waals surface area contributed by atoms with E-state index >= 15 is 0 Å². The van der Waals surface area contributed by atoms with E-state index in [2.05, 4.69) is 15.2 Å². The van der Waals surface area contributed by atoms with Crippen molar-refractivity contribution in [1.29, 1.82) is 0 Å². The van der Waals surface area contributed by atoms with Crippen LogP contribution in [0.4, 0.5) is 11.5 Å². The standard InChI is InChI=1S/C17H24N4O.2ClH/c18-16-12-4-3-11(9-12)15(16)17(22)20-13-5-6-14(19-10-13)21-7-1-2-8-21;;/h5-6,10-12,15-16H,1-4,7-9,18H2,(H,20,22);2*1H. The molecule has 4 unspecified atom stereocenters. The van der Waals surface area contributed by atoms with E-state index in [4.69, 9.17) is 5.73 Å². The van der Waals surface area contributed by atoms with Gasteiger partial charge in [-0.1, -0.05) is 0 Å². The smallest absolute Gasteiger partial charge is 0.229 e. The summed E-state index contributed by atoms with van der Waals surface area (Å²) in [7, 11) is 0. The highest BCUT2D eigenvalue weighted by atomic mass is 35.5. The van der Waals surface area contributed by atoms with Crippen molar-refractivity contribution >= 4 is 42.2 Å². The summed E-state index contributed by atoms with van der Waals surface area (Å²) >= 11 is 0. The van der Waals surface area contributed by atoms with Gasteiger partial charge < -0.3 is 16.0 Å². The van der Waals surface area contributed by atoms with Crippen LogP contribution in [0.2, 0.25) is 0 Å². The molecule has 5 nitrogen and oxygen atoms in total. The van der Waals surface area contributed by atoms with Crippen molar-refractivity contribution in [2.45, 2.75) is 38.1 Å². The average Bonchev–Trinajstić information content (AvgIpc) is 3.25. The maximum absolute atomic E-state index is 12.5. The summed E-state index contributed by atoms with van der Waals surface area (Å²) in [6, 6.07) is 3.99. The monoisotopic (exact) mass is 372 g/mol. The van der Waals surface area contributed by atoms with Crippen LogP contribution in [0.25, 0.3) is 0 Å². The third-order valence-corrected chi connectivity index (χ3v) is 5.73. The molecule has 24 heavy (non-hydrogen) atoms. The number of amides is 1. The normalized spacial score (nSPS) is 30.6. The molecule has 3 fully saturated rings. The number of hydrogen-bond donors (Lipinski definition) is 2. The molecular weight excluding hydrogens is 347 g/mol. The number of halogens is 2. The molecule has 2 aliphatic carbocycles. The molecule has 1 amide bonds. The van der Waals surface area contributed by atoms with E-state index < -0.39 is 0 Å². The Labute approximate surface area is 155 Å². The van der Waals surface area contributed by atoms with Crippen LogP contribution in [0.3, 0.4) is 0 Å². The fourth-order valence-electron chi connectivity index (χ4n) is 4.54. The first-order chi connectivity index (χ1) is 10.7. The van der Waals surface area contributed by atoms with Gasteiger partial charge in [0.1, 0.15) is 5.82 Å². The minimum absolute atomic E-state index is 0. The fraction of sp³-hybridized carbons (Fsp3) is 0.647. The summed E-state index contributed by atoms with van der Waals surface area (Å²) in [6.45, 7) is 2.16. The largest absolute Gasteiger partial charge is 0.357 e. The average molecular weight is 373 g/mol. The third-order valence-electron chi connectivity index (χ3n) is 5.73. The van der Waals surface area contributed by atoms with E-state index in [0.717, 1.165) is 37.4 Å². The molecule has 3 N–H and O–H groups in total. The van der Waals surface area contributed by atoms with Crippen LogP contribution in [0.15, 0.2) is 18.3 Å². The quantitative estimate of drug-likeness (QED) is 0.855. The van der Waals surface area contributed by atoms with E-state index in [9.17, 15) is 4.79 Å². The summed E-state index contributed by atoms with van der Waals surface area (Å²) < 4.78 is 0. The highest BCUT2D eigenvalue weighted by Crippen LogP contribution is 2.47. The summed E-state index contributed by atoms with van der Waals surface area (Å²) in [6.07, 6.45) is 7.73. The van der Waals surface area contributed by atoms with Gasteiger partial charge in [0.15, 0.2) is 0 Å². The Hall–Kier alpha value is -1.04. The van der Waals surface area contributed by atoms with Crippen molar-refractivity contribution < 1.29 is 4.79 Å². The van der Waals surface area contributed by atoms with Gasteiger partial charge in [-0.3, -0.25) is 4.79 Å². The fourth-order valence-corrected chi connectivity index (χ4v) is 4.54. The van der Waals surface area contributed by atoms with Crippen LogP contribution < -0.4 is 16.0 Å². The predicted octanol–water partition coefficient (Wildman–Crippen LogP) is 2.84. The van der Waals surface area contributed by atoms with E-state index in [1.165, 1.54) is 19.3 Å². The highest BCUT2D eigenvalue weighted by Gasteiger charge is 2.49. The van der Waals surface area contributed by atoms with Crippen molar-refractivity contribution in [3.63, 3.8) is 0 Å². The van der Waals surface area contributed by atoms with Gasteiger partial charge in [-0.2, -0.15) is 0 Å². The molecule has 1 aliphatic heterocycles. The number of anilines is 2. The number of carbonyl (C=O) groups excluding carboxylic acids is 1. The van der Waals surface area contributed by atoms with E-state index in [0.29, 0.717) is 11.8 Å².